The molecule has 1 saturated heterocycles. The van der Waals surface area contributed by atoms with Crippen molar-refractivity contribution in [2.24, 2.45) is 5.92 Å². The first-order chi connectivity index (χ1) is 10.5. The van der Waals surface area contributed by atoms with Gasteiger partial charge in [-0.2, -0.15) is 13.2 Å². The van der Waals surface area contributed by atoms with Gasteiger partial charge in [0.25, 0.3) is 0 Å². The summed E-state index contributed by atoms with van der Waals surface area (Å²) >= 11 is 0. The first-order valence-corrected chi connectivity index (χ1v) is 8.54. The van der Waals surface area contributed by atoms with E-state index in [2.05, 4.69) is 0 Å². The van der Waals surface area contributed by atoms with Crippen molar-refractivity contribution in [3.05, 3.63) is 35.4 Å². The van der Waals surface area contributed by atoms with E-state index in [1.807, 2.05) is 0 Å². The lowest BCUT2D eigenvalue weighted by Gasteiger charge is -2.29. The van der Waals surface area contributed by atoms with Crippen LogP contribution in [0, 0.1) is 5.92 Å². The highest BCUT2D eigenvalue weighted by Gasteiger charge is 2.37. The summed E-state index contributed by atoms with van der Waals surface area (Å²) in [6.07, 6.45) is -3.64. The highest BCUT2D eigenvalue weighted by molar-refractivity contribution is 7.88. The molecule has 1 unspecified atom stereocenters. The Morgan fingerprint density at radius 1 is 1.22 bits per heavy atom. The molecule has 1 aromatic rings. The molecule has 0 aromatic heterocycles. The number of hydrogen-bond acceptors (Lipinski definition) is 4. The Bertz CT molecular complexity index is 725. The molecule has 0 amide bonds. The van der Waals surface area contributed by atoms with Gasteiger partial charge in [-0.1, -0.05) is 12.1 Å². The van der Waals surface area contributed by atoms with Gasteiger partial charge in [0.15, 0.2) is 5.78 Å². The second kappa shape index (κ2) is 6.04. The van der Waals surface area contributed by atoms with E-state index >= 15 is 0 Å². The van der Waals surface area contributed by atoms with Gasteiger partial charge in [0, 0.05) is 25.1 Å². The molecule has 5 nitrogen and oxygen atoms in total. The first kappa shape index (κ1) is 17.6. The van der Waals surface area contributed by atoms with Crippen molar-refractivity contribution in [2.45, 2.75) is 12.6 Å². The molecule has 1 atom stereocenters. The summed E-state index contributed by atoms with van der Waals surface area (Å²) in [5, 5.41) is 0. The van der Waals surface area contributed by atoms with E-state index in [1.54, 1.807) is 0 Å². The van der Waals surface area contributed by atoms with Gasteiger partial charge >= 0.3 is 6.18 Å². The summed E-state index contributed by atoms with van der Waals surface area (Å²) in [6, 6.07) is 3.51. The number of rotatable bonds is 3. The normalized spacial score (nSPS) is 20.5. The van der Waals surface area contributed by atoms with Crippen molar-refractivity contribution < 1.29 is 31.2 Å². The van der Waals surface area contributed by atoms with Crippen LogP contribution in [-0.2, 0) is 21.0 Å². The second-order valence-corrected chi connectivity index (χ2v) is 7.31. The van der Waals surface area contributed by atoms with E-state index in [9.17, 15) is 31.2 Å². The zero-order valence-corrected chi connectivity index (χ0v) is 12.9. The van der Waals surface area contributed by atoms with Crippen LogP contribution in [0.25, 0.3) is 0 Å². The minimum absolute atomic E-state index is 0.00839. The maximum Gasteiger partial charge on any atom is 0.416 e. The number of nitrogens with zero attached hydrogens (tertiary/aromatic N) is 1. The number of benzene rings is 1. The predicted molar refractivity (Wildman–Crippen MR) is 75.3 cm³/mol. The van der Waals surface area contributed by atoms with Crippen LogP contribution in [0.15, 0.2) is 24.3 Å². The molecular weight excluding hydrogens is 335 g/mol. The van der Waals surface area contributed by atoms with Gasteiger partial charge in [-0.3, -0.25) is 9.59 Å². The predicted octanol–water partition coefficient (Wildman–Crippen LogP) is 1.74. The molecule has 0 radical (unpaired) electrons. The number of piperidine rings is 1. The Morgan fingerprint density at radius 3 is 2.26 bits per heavy atom. The average Bonchev–Trinajstić information content (AvgIpc) is 2.45. The number of Topliss-reactive ketones (excluding diaryl/α,β-unsaturated/α-hetero) is 2. The van der Waals surface area contributed by atoms with Crippen molar-refractivity contribution in [1.82, 2.24) is 4.31 Å². The summed E-state index contributed by atoms with van der Waals surface area (Å²) in [6.45, 7) is -0.272. The fourth-order valence-corrected chi connectivity index (χ4v) is 3.20. The maximum atomic E-state index is 12.5. The van der Waals surface area contributed by atoms with Gasteiger partial charge in [0.2, 0.25) is 10.0 Å². The Hall–Kier alpha value is -1.74. The van der Waals surface area contributed by atoms with Crippen molar-refractivity contribution in [2.75, 3.05) is 19.3 Å². The van der Waals surface area contributed by atoms with Crippen molar-refractivity contribution in [3.63, 3.8) is 0 Å². The molecule has 126 valence electrons. The van der Waals surface area contributed by atoms with Crippen LogP contribution in [0.3, 0.4) is 0 Å². The molecular formula is C14H14F3NO4S. The Kier molecular flexibility index (Phi) is 4.63. The number of sulfonamides is 1. The smallest absolute Gasteiger partial charge is 0.299 e. The van der Waals surface area contributed by atoms with Gasteiger partial charge in [-0.05, 0) is 12.1 Å². The summed E-state index contributed by atoms with van der Waals surface area (Å²) in [5.74, 6) is -2.26. The molecule has 2 rings (SSSR count). The average molecular weight is 349 g/mol. The number of hydrogen-bond donors (Lipinski definition) is 0. The topological polar surface area (TPSA) is 71.5 Å². The highest BCUT2D eigenvalue weighted by Crippen LogP contribution is 2.29. The fourth-order valence-electron chi connectivity index (χ4n) is 2.36. The van der Waals surface area contributed by atoms with Crippen molar-refractivity contribution in [1.29, 1.82) is 0 Å². The highest BCUT2D eigenvalue weighted by atomic mass is 32.2. The number of ketones is 2. The van der Waals surface area contributed by atoms with E-state index in [1.165, 1.54) is 0 Å². The third-order valence-corrected chi connectivity index (χ3v) is 4.93. The number of carbonyl (C=O) groups is 2. The molecule has 1 aliphatic rings. The Balaban J connectivity index is 2.23. The summed E-state index contributed by atoms with van der Waals surface area (Å²) in [4.78, 5) is 24.2. The lowest BCUT2D eigenvalue weighted by molar-refractivity contribution is -0.137. The molecule has 9 heteroatoms. The van der Waals surface area contributed by atoms with Gasteiger partial charge in [-0.15, -0.1) is 0 Å². The Labute approximate surface area is 131 Å². The first-order valence-electron chi connectivity index (χ1n) is 6.69. The van der Waals surface area contributed by atoms with E-state index in [0.717, 1.165) is 34.8 Å². The second-order valence-electron chi connectivity index (χ2n) is 5.33. The largest absolute Gasteiger partial charge is 0.416 e. The lowest BCUT2D eigenvalue weighted by Crippen LogP contribution is -2.46. The third-order valence-electron chi connectivity index (χ3n) is 3.66. The van der Waals surface area contributed by atoms with E-state index in [0.29, 0.717) is 0 Å². The zero-order chi connectivity index (χ0) is 17.4. The molecule has 1 aliphatic heterocycles. The minimum atomic E-state index is -4.52. The molecule has 23 heavy (non-hydrogen) atoms. The standard InChI is InChI=1S/C14H14F3NO4S/c1-23(21,22)18-7-6-12(19)11(8-18)13(20)9-2-4-10(5-3-9)14(15,16)17/h2-5,11H,6-8H2,1H3. The van der Waals surface area contributed by atoms with Crippen LogP contribution in [0.4, 0.5) is 13.2 Å². The molecule has 1 fully saturated rings. The quantitative estimate of drug-likeness (QED) is 0.616. The number of carbonyl (C=O) groups excluding carboxylic acids is 2. The molecule has 1 aromatic carbocycles. The summed E-state index contributed by atoms with van der Waals surface area (Å²) < 4.78 is 61.6. The van der Waals surface area contributed by atoms with Crippen LogP contribution >= 0.6 is 0 Å². The molecule has 0 N–H and O–H groups in total. The molecule has 0 spiro atoms. The van der Waals surface area contributed by atoms with Crippen molar-refractivity contribution >= 4 is 21.6 Å². The molecule has 1 heterocycles. The van der Waals surface area contributed by atoms with Gasteiger partial charge in [0.1, 0.15) is 5.78 Å². The number of halogens is 3. The van der Waals surface area contributed by atoms with E-state index in [4.69, 9.17) is 0 Å². The van der Waals surface area contributed by atoms with Crippen molar-refractivity contribution in [3.8, 4) is 0 Å². The zero-order valence-electron chi connectivity index (χ0n) is 12.1. The fraction of sp³-hybridized carbons (Fsp3) is 0.429. The third kappa shape index (κ3) is 3.97. The van der Waals surface area contributed by atoms with Gasteiger partial charge in [-0.25, -0.2) is 12.7 Å². The van der Waals surface area contributed by atoms with Gasteiger partial charge in [0.05, 0.1) is 17.7 Å². The summed E-state index contributed by atoms with van der Waals surface area (Å²) in [5.41, 5.74) is -0.950. The minimum Gasteiger partial charge on any atom is -0.299 e. The van der Waals surface area contributed by atoms with Crippen LogP contribution in [0.1, 0.15) is 22.3 Å². The molecule has 0 saturated carbocycles. The number of alkyl halides is 3. The Morgan fingerprint density at radius 2 is 1.78 bits per heavy atom. The molecule has 0 bridgehead atoms. The van der Waals surface area contributed by atoms with Crippen LogP contribution < -0.4 is 0 Å². The summed E-state index contributed by atoms with van der Waals surface area (Å²) in [7, 11) is -3.54. The molecule has 0 aliphatic carbocycles. The van der Waals surface area contributed by atoms with E-state index < -0.39 is 39.2 Å². The van der Waals surface area contributed by atoms with Gasteiger partial charge < -0.3 is 0 Å². The van der Waals surface area contributed by atoms with E-state index in [-0.39, 0.29) is 25.1 Å². The maximum absolute atomic E-state index is 12.5. The van der Waals surface area contributed by atoms with Crippen LogP contribution in [-0.4, -0.2) is 43.6 Å². The van der Waals surface area contributed by atoms with Crippen LogP contribution in [0.5, 0.6) is 0 Å². The lowest BCUT2D eigenvalue weighted by atomic mass is 9.89. The SMILES string of the molecule is CS(=O)(=O)N1CCC(=O)C(C(=O)c2ccc(C(F)(F)F)cc2)C1. The van der Waals surface area contributed by atoms with Crippen LogP contribution in [0.2, 0.25) is 0 Å². The monoisotopic (exact) mass is 349 g/mol.